The van der Waals surface area contributed by atoms with Crippen LogP contribution in [-0.2, 0) is 23.6 Å². The second kappa shape index (κ2) is 5.51. The molecule has 1 aromatic carbocycles. The number of sulfonamides is 1. The largest absolute Gasteiger partial charge is 0.275 e. The zero-order chi connectivity index (χ0) is 14.9. The highest BCUT2D eigenvalue weighted by molar-refractivity contribution is 7.89. The minimum absolute atomic E-state index is 0.0460. The van der Waals surface area contributed by atoms with E-state index in [4.69, 9.17) is 11.6 Å². The number of halogens is 2. The molecule has 2 aromatic rings. The molecule has 0 radical (unpaired) electrons. The van der Waals surface area contributed by atoms with Gasteiger partial charge >= 0.3 is 0 Å². The van der Waals surface area contributed by atoms with Gasteiger partial charge in [-0.05, 0) is 18.2 Å². The lowest BCUT2D eigenvalue weighted by molar-refractivity contribution is 0.466. The van der Waals surface area contributed by atoms with Crippen molar-refractivity contribution in [1.29, 1.82) is 0 Å². The van der Waals surface area contributed by atoms with Crippen molar-refractivity contribution < 1.29 is 12.8 Å². The van der Waals surface area contributed by atoms with Gasteiger partial charge in [0.1, 0.15) is 5.82 Å². The Kier molecular flexibility index (Phi) is 4.12. The van der Waals surface area contributed by atoms with Gasteiger partial charge < -0.3 is 0 Å². The minimum atomic E-state index is -3.72. The normalized spacial score (nSPS) is 12.1. The van der Waals surface area contributed by atoms with E-state index in [-0.39, 0.29) is 16.5 Å². The Labute approximate surface area is 121 Å². The number of hydrogen-bond donors (Lipinski definition) is 0. The number of rotatable bonds is 4. The highest BCUT2D eigenvalue weighted by Crippen LogP contribution is 2.22. The molecule has 0 atom stereocenters. The Morgan fingerprint density at radius 2 is 2.15 bits per heavy atom. The van der Waals surface area contributed by atoms with Crippen LogP contribution in [-0.4, -0.2) is 29.6 Å². The van der Waals surface area contributed by atoms with E-state index in [1.807, 2.05) is 0 Å². The van der Waals surface area contributed by atoms with Crippen molar-refractivity contribution in [2.45, 2.75) is 11.4 Å². The van der Waals surface area contributed by atoms with Gasteiger partial charge in [0.2, 0.25) is 10.0 Å². The lowest BCUT2D eigenvalue weighted by atomic mass is 10.3. The summed E-state index contributed by atoms with van der Waals surface area (Å²) in [5.74, 6) is -0.652. The molecule has 2 rings (SSSR count). The van der Waals surface area contributed by atoms with E-state index >= 15 is 0 Å². The van der Waals surface area contributed by atoms with Crippen molar-refractivity contribution in [3.8, 4) is 0 Å². The summed E-state index contributed by atoms with van der Waals surface area (Å²) in [4.78, 5) is -0.0460. The van der Waals surface area contributed by atoms with Crippen LogP contribution in [0.25, 0.3) is 0 Å². The fourth-order valence-corrected chi connectivity index (χ4v) is 3.14. The maximum Gasteiger partial charge on any atom is 0.243 e. The monoisotopic (exact) mass is 317 g/mol. The third-order valence-electron chi connectivity index (χ3n) is 2.76. The lowest BCUT2D eigenvalue weighted by Gasteiger charge is -2.16. The summed E-state index contributed by atoms with van der Waals surface area (Å²) in [5, 5.41) is 3.75. The molecule has 0 saturated carbocycles. The van der Waals surface area contributed by atoms with Gasteiger partial charge in [-0.2, -0.15) is 9.40 Å². The van der Waals surface area contributed by atoms with Crippen molar-refractivity contribution in [3.63, 3.8) is 0 Å². The number of hydrogen-bond acceptors (Lipinski definition) is 3. The molecule has 0 fully saturated rings. The van der Waals surface area contributed by atoms with Gasteiger partial charge in [0.15, 0.2) is 0 Å². The first kappa shape index (κ1) is 15.0. The first-order valence-electron chi connectivity index (χ1n) is 5.69. The van der Waals surface area contributed by atoms with Crippen LogP contribution in [0.4, 0.5) is 4.39 Å². The molecule has 0 spiro atoms. The van der Waals surface area contributed by atoms with E-state index in [0.717, 1.165) is 22.0 Å². The van der Waals surface area contributed by atoms with Crippen LogP contribution in [0.1, 0.15) is 5.56 Å². The van der Waals surface area contributed by atoms with E-state index in [0.29, 0.717) is 0 Å². The van der Waals surface area contributed by atoms with Gasteiger partial charge in [-0.1, -0.05) is 11.6 Å². The van der Waals surface area contributed by atoms with Gasteiger partial charge in [-0.3, -0.25) is 4.68 Å². The molecule has 0 amide bonds. The van der Waals surface area contributed by atoms with Gasteiger partial charge in [0, 0.05) is 32.4 Å². The Bertz CT molecular complexity index is 730. The van der Waals surface area contributed by atoms with E-state index in [1.165, 1.54) is 13.1 Å². The van der Waals surface area contributed by atoms with Crippen molar-refractivity contribution in [2.24, 2.45) is 7.05 Å². The summed E-state index contributed by atoms with van der Waals surface area (Å²) in [7, 11) is -0.530. The highest BCUT2D eigenvalue weighted by Gasteiger charge is 2.22. The predicted molar refractivity (Wildman–Crippen MR) is 73.3 cm³/mol. The smallest absolute Gasteiger partial charge is 0.243 e. The van der Waals surface area contributed by atoms with E-state index in [2.05, 4.69) is 5.10 Å². The maximum atomic E-state index is 13.1. The molecule has 8 heteroatoms. The quantitative estimate of drug-likeness (QED) is 0.867. The SMILES string of the molecule is CN(Cc1cnn(C)c1)S(=O)(=O)c1ccc(F)c(Cl)c1. The zero-order valence-corrected chi connectivity index (χ0v) is 12.5. The molecular weight excluding hydrogens is 305 g/mol. The predicted octanol–water partition coefficient (Wildman–Crippen LogP) is 2.03. The summed E-state index contributed by atoms with van der Waals surface area (Å²) in [5.41, 5.74) is 0.756. The average Bonchev–Trinajstić information content (AvgIpc) is 2.78. The van der Waals surface area contributed by atoms with Crippen molar-refractivity contribution >= 4 is 21.6 Å². The molecule has 1 heterocycles. The first-order valence-corrected chi connectivity index (χ1v) is 7.51. The van der Waals surface area contributed by atoms with Crippen LogP contribution in [0.2, 0.25) is 5.02 Å². The first-order chi connectivity index (χ1) is 9.30. The Balaban J connectivity index is 2.27. The summed E-state index contributed by atoms with van der Waals surface area (Å²) >= 11 is 5.62. The van der Waals surface area contributed by atoms with E-state index in [9.17, 15) is 12.8 Å². The minimum Gasteiger partial charge on any atom is -0.275 e. The molecule has 1 aromatic heterocycles. The zero-order valence-electron chi connectivity index (χ0n) is 10.9. The molecule has 0 saturated heterocycles. The standard InChI is InChI=1S/C12H13ClFN3O2S/c1-16-7-9(6-15-16)8-17(2)20(18,19)10-3-4-12(14)11(13)5-10/h3-7H,8H2,1-2H3. The lowest BCUT2D eigenvalue weighted by Crippen LogP contribution is -2.26. The maximum absolute atomic E-state index is 13.1. The molecule has 0 aliphatic heterocycles. The second-order valence-electron chi connectivity index (χ2n) is 4.36. The summed E-state index contributed by atoms with van der Waals surface area (Å²) in [6, 6.07) is 3.33. The molecule has 5 nitrogen and oxygen atoms in total. The van der Waals surface area contributed by atoms with Crippen molar-refractivity contribution in [1.82, 2.24) is 14.1 Å². The van der Waals surface area contributed by atoms with Crippen LogP contribution >= 0.6 is 11.6 Å². The Morgan fingerprint density at radius 3 is 2.70 bits per heavy atom. The summed E-state index contributed by atoms with van der Waals surface area (Å²) in [6.45, 7) is 0.172. The van der Waals surface area contributed by atoms with E-state index < -0.39 is 15.8 Å². The fraction of sp³-hybridized carbons (Fsp3) is 0.250. The highest BCUT2D eigenvalue weighted by atomic mass is 35.5. The van der Waals surface area contributed by atoms with Crippen LogP contribution in [0.5, 0.6) is 0 Å². The molecule has 0 aliphatic rings. The van der Waals surface area contributed by atoms with E-state index in [1.54, 1.807) is 24.1 Å². The van der Waals surface area contributed by atoms with Crippen molar-refractivity contribution in [3.05, 3.63) is 47.0 Å². The third-order valence-corrected chi connectivity index (χ3v) is 4.85. The van der Waals surface area contributed by atoms with Crippen LogP contribution < -0.4 is 0 Å². The molecule has 0 unspecified atom stereocenters. The third kappa shape index (κ3) is 3.00. The van der Waals surface area contributed by atoms with Gasteiger partial charge in [-0.25, -0.2) is 12.8 Å². The second-order valence-corrected chi connectivity index (χ2v) is 6.81. The molecule has 108 valence electrons. The molecule has 0 aliphatic carbocycles. The molecule has 0 bridgehead atoms. The summed E-state index contributed by atoms with van der Waals surface area (Å²) in [6.07, 6.45) is 3.31. The van der Waals surface area contributed by atoms with Gasteiger partial charge in [-0.15, -0.1) is 0 Å². The molecular formula is C12H13ClFN3O2S. The number of nitrogens with zero attached hydrogens (tertiary/aromatic N) is 3. The van der Waals surface area contributed by atoms with Gasteiger partial charge in [0.05, 0.1) is 16.1 Å². The number of aryl methyl sites for hydroxylation is 1. The van der Waals surface area contributed by atoms with Crippen LogP contribution in [0, 0.1) is 5.82 Å². The summed E-state index contributed by atoms with van der Waals surface area (Å²) < 4.78 is 40.5. The van der Waals surface area contributed by atoms with Crippen LogP contribution in [0.3, 0.4) is 0 Å². The molecule has 0 N–H and O–H groups in total. The molecule has 20 heavy (non-hydrogen) atoms. The average molecular weight is 318 g/mol. The number of benzene rings is 1. The Morgan fingerprint density at radius 1 is 1.45 bits per heavy atom. The van der Waals surface area contributed by atoms with Gasteiger partial charge in [0.25, 0.3) is 0 Å². The van der Waals surface area contributed by atoms with Crippen LogP contribution in [0.15, 0.2) is 35.5 Å². The Hall–Kier alpha value is -1.44. The number of aromatic nitrogens is 2. The topological polar surface area (TPSA) is 55.2 Å². The van der Waals surface area contributed by atoms with Crippen molar-refractivity contribution in [2.75, 3.05) is 7.05 Å². The fourth-order valence-electron chi connectivity index (χ4n) is 1.71.